The fourth-order valence-electron chi connectivity index (χ4n) is 2.98. The van der Waals surface area contributed by atoms with E-state index in [1.807, 2.05) is 43.3 Å². The van der Waals surface area contributed by atoms with Crippen molar-refractivity contribution in [1.29, 1.82) is 0 Å². The van der Waals surface area contributed by atoms with Crippen molar-refractivity contribution in [2.24, 2.45) is 0 Å². The monoisotopic (exact) mass is 352 g/mol. The summed E-state index contributed by atoms with van der Waals surface area (Å²) in [6, 6.07) is 12.0. The zero-order valence-electron chi connectivity index (χ0n) is 15.4. The van der Waals surface area contributed by atoms with Crippen LogP contribution in [0.3, 0.4) is 0 Å². The van der Waals surface area contributed by atoms with E-state index in [2.05, 4.69) is 19.1 Å². The zero-order chi connectivity index (χ0) is 18.5. The van der Waals surface area contributed by atoms with Crippen LogP contribution >= 0.6 is 0 Å². The molecule has 0 spiro atoms. The van der Waals surface area contributed by atoms with Gasteiger partial charge in [0.25, 0.3) is 0 Å². The van der Waals surface area contributed by atoms with Gasteiger partial charge in [0, 0.05) is 29.5 Å². The molecule has 0 radical (unpaired) electrons. The lowest BCUT2D eigenvalue weighted by Crippen LogP contribution is -2.01. The lowest BCUT2D eigenvalue weighted by Gasteiger charge is -2.11. The van der Waals surface area contributed by atoms with Crippen LogP contribution in [-0.2, 0) is 0 Å². The van der Waals surface area contributed by atoms with Crippen LogP contribution < -0.4 is 9.47 Å². The predicted molar refractivity (Wildman–Crippen MR) is 105 cm³/mol. The van der Waals surface area contributed by atoms with Crippen LogP contribution in [0.2, 0.25) is 0 Å². The van der Waals surface area contributed by atoms with Crippen molar-refractivity contribution >= 4 is 17.0 Å². The summed E-state index contributed by atoms with van der Waals surface area (Å²) in [6.45, 7) is 4.63. The fraction of sp³-hybridized carbons (Fsp3) is 0.273. The number of furan rings is 1. The fourth-order valence-corrected chi connectivity index (χ4v) is 2.98. The molecule has 3 aromatic rings. The number of methoxy groups -OCH3 is 1. The highest BCUT2D eigenvalue weighted by atomic mass is 16.5. The molecule has 4 heteroatoms. The number of allylic oxidation sites excluding steroid dienone is 1. The first-order chi connectivity index (χ1) is 12.7. The molecule has 26 heavy (non-hydrogen) atoms. The maximum Gasteiger partial charge on any atom is 0.161 e. The van der Waals surface area contributed by atoms with E-state index in [4.69, 9.17) is 19.0 Å². The Morgan fingerprint density at radius 3 is 2.69 bits per heavy atom. The quantitative estimate of drug-likeness (QED) is 0.593. The first kappa shape index (κ1) is 18.1. The summed E-state index contributed by atoms with van der Waals surface area (Å²) in [4.78, 5) is 0. The summed E-state index contributed by atoms with van der Waals surface area (Å²) in [5.74, 6) is 2.14. The molecule has 3 rings (SSSR count). The first-order valence-electron chi connectivity index (χ1n) is 8.76. The van der Waals surface area contributed by atoms with Gasteiger partial charge in [0.05, 0.1) is 13.7 Å². The minimum Gasteiger partial charge on any atom is -0.493 e. The number of aliphatic hydroxyl groups excluding tert-OH is 1. The second kappa shape index (κ2) is 8.11. The summed E-state index contributed by atoms with van der Waals surface area (Å²) in [7, 11) is 1.62. The first-order valence-corrected chi connectivity index (χ1v) is 8.76. The Morgan fingerprint density at radius 2 is 1.96 bits per heavy atom. The zero-order valence-corrected chi connectivity index (χ0v) is 15.4. The van der Waals surface area contributed by atoms with Crippen LogP contribution in [0.1, 0.15) is 24.5 Å². The van der Waals surface area contributed by atoms with Crippen LogP contribution in [-0.4, -0.2) is 25.4 Å². The third kappa shape index (κ3) is 3.60. The Balaban J connectivity index is 1.99. The summed E-state index contributed by atoms with van der Waals surface area (Å²) >= 11 is 0. The third-order valence-electron chi connectivity index (χ3n) is 4.31. The maximum atomic E-state index is 8.89. The molecule has 0 aliphatic rings. The topological polar surface area (TPSA) is 51.8 Å². The van der Waals surface area contributed by atoms with Crippen molar-refractivity contribution in [1.82, 2.24) is 0 Å². The van der Waals surface area contributed by atoms with Gasteiger partial charge in [-0.25, -0.2) is 0 Å². The summed E-state index contributed by atoms with van der Waals surface area (Å²) in [5, 5.41) is 10.00. The summed E-state index contributed by atoms with van der Waals surface area (Å²) in [5.41, 5.74) is 4.06. The second-order valence-corrected chi connectivity index (χ2v) is 6.10. The van der Waals surface area contributed by atoms with Gasteiger partial charge in [-0.1, -0.05) is 18.2 Å². The Labute approximate surface area is 153 Å². The van der Waals surface area contributed by atoms with Crippen LogP contribution in [0, 0.1) is 6.92 Å². The Hall–Kier alpha value is -2.72. The van der Waals surface area contributed by atoms with Gasteiger partial charge in [-0.15, -0.1) is 0 Å². The van der Waals surface area contributed by atoms with Gasteiger partial charge in [0.2, 0.25) is 0 Å². The number of hydrogen-bond donors (Lipinski definition) is 1. The number of benzene rings is 2. The maximum absolute atomic E-state index is 8.89. The van der Waals surface area contributed by atoms with Crippen molar-refractivity contribution in [2.45, 2.75) is 20.3 Å². The molecule has 0 atom stereocenters. The molecule has 0 fully saturated rings. The molecule has 1 heterocycles. The Morgan fingerprint density at radius 1 is 1.12 bits per heavy atom. The van der Waals surface area contributed by atoms with E-state index in [1.165, 1.54) is 0 Å². The Kier molecular flexibility index (Phi) is 5.64. The van der Waals surface area contributed by atoms with Crippen molar-refractivity contribution in [3.63, 3.8) is 0 Å². The van der Waals surface area contributed by atoms with E-state index >= 15 is 0 Å². The van der Waals surface area contributed by atoms with Gasteiger partial charge in [-0.3, -0.25) is 0 Å². The number of aliphatic hydroxyl groups is 1. The summed E-state index contributed by atoms with van der Waals surface area (Å²) in [6.07, 6.45) is 4.69. The second-order valence-electron chi connectivity index (χ2n) is 6.10. The highest BCUT2D eigenvalue weighted by Crippen LogP contribution is 2.38. The molecule has 0 saturated carbocycles. The molecule has 0 saturated heterocycles. The summed E-state index contributed by atoms with van der Waals surface area (Å²) < 4.78 is 17.2. The van der Waals surface area contributed by atoms with Gasteiger partial charge in [0.1, 0.15) is 11.3 Å². The van der Waals surface area contributed by atoms with E-state index in [9.17, 15) is 0 Å². The molecule has 0 bridgehead atoms. The molecule has 1 aromatic heterocycles. The van der Waals surface area contributed by atoms with Gasteiger partial charge >= 0.3 is 0 Å². The van der Waals surface area contributed by atoms with Crippen LogP contribution in [0.5, 0.6) is 11.5 Å². The van der Waals surface area contributed by atoms with Gasteiger partial charge in [-0.2, -0.15) is 0 Å². The largest absolute Gasteiger partial charge is 0.493 e. The molecular weight excluding hydrogens is 328 g/mol. The van der Waals surface area contributed by atoms with Gasteiger partial charge in [-0.05, 0) is 49.7 Å². The van der Waals surface area contributed by atoms with E-state index in [0.717, 1.165) is 33.4 Å². The van der Waals surface area contributed by atoms with Crippen molar-refractivity contribution in [2.75, 3.05) is 20.3 Å². The molecule has 0 aliphatic heterocycles. The van der Waals surface area contributed by atoms with E-state index in [1.54, 1.807) is 7.11 Å². The number of fused-ring (bicyclic) bond motifs is 1. The van der Waals surface area contributed by atoms with Crippen molar-refractivity contribution in [3.05, 3.63) is 53.6 Å². The van der Waals surface area contributed by atoms with E-state index in [0.29, 0.717) is 24.5 Å². The minimum absolute atomic E-state index is 0.105. The van der Waals surface area contributed by atoms with Gasteiger partial charge < -0.3 is 19.0 Å². The highest BCUT2D eigenvalue weighted by molar-refractivity contribution is 5.89. The number of rotatable bonds is 7. The van der Waals surface area contributed by atoms with Crippen LogP contribution in [0.4, 0.5) is 0 Å². The average Bonchev–Trinajstić information content (AvgIpc) is 2.99. The smallest absolute Gasteiger partial charge is 0.161 e. The standard InChI is InChI=1S/C22H24O4/c1-4-6-16-7-9-19-18(13-16)15(2)22(26-19)17-8-10-20(21(14-17)24-3)25-12-5-11-23/h4,6-10,13-14,23H,5,11-12H2,1-3H3. The Bertz CT molecular complexity index is 921. The number of aryl methyl sites for hydroxylation is 1. The van der Waals surface area contributed by atoms with E-state index in [-0.39, 0.29) is 6.61 Å². The van der Waals surface area contributed by atoms with Crippen LogP contribution in [0.25, 0.3) is 28.4 Å². The normalized spacial score (nSPS) is 11.4. The van der Waals surface area contributed by atoms with Crippen LogP contribution in [0.15, 0.2) is 46.9 Å². The minimum atomic E-state index is 0.105. The SMILES string of the molecule is CC=Cc1ccc2oc(-c3ccc(OCCCO)c(OC)c3)c(C)c2c1. The number of hydrogen-bond acceptors (Lipinski definition) is 4. The molecule has 2 aromatic carbocycles. The average molecular weight is 352 g/mol. The molecular formula is C22H24O4. The van der Waals surface area contributed by atoms with Crippen molar-refractivity contribution < 1.29 is 19.0 Å². The number of ether oxygens (including phenoxy) is 2. The predicted octanol–water partition coefficient (Wildman–Crippen LogP) is 5.21. The highest BCUT2D eigenvalue weighted by Gasteiger charge is 2.15. The molecule has 4 nitrogen and oxygen atoms in total. The lowest BCUT2D eigenvalue weighted by atomic mass is 10.0. The molecule has 0 unspecified atom stereocenters. The molecule has 1 N–H and O–H groups in total. The van der Waals surface area contributed by atoms with Crippen molar-refractivity contribution in [3.8, 4) is 22.8 Å². The third-order valence-corrected chi connectivity index (χ3v) is 4.31. The van der Waals surface area contributed by atoms with Gasteiger partial charge in [0.15, 0.2) is 11.5 Å². The lowest BCUT2D eigenvalue weighted by molar-refractivity contribution is 0.228. The molecule has 136 valence electrons. The molecule has 0 aliphatic carbocycles. The van der Waals surface area contributed by atoms with E-state index < -0.39 is 0 Å². The molecule has 0 amide bonds.